The lowest BCUT2D eigenvalue weighted by Gasteiger charge is -2.07. The van der Waals surface area contributed by atoms with Crippen molar-refractivity contribution in [1.82, 2.24) is 0 Å². The number of phosphoric ester groups is 1. The van der Waals surface area contributed by atoms with Crippen molar-refractivity contribution in [2.75, 3.05) is 13.2 Å². The van der Waals surface area contributed by atoms with Crippen molar-refractivity contribution < 1.29 is 48.3 Å². The predicted molar refractivity (Wildman–Crippen MR) is 45.4 cm³/mol. The van der Waals surface area contributed by atoms with Crippen LogP contribution in [-0.2, 0) is 13.7 Å². The van der Waals surface area contributed by atoms with Crippen LogP contribution in [0.3, 0.4) is 0 Å². The second-order valence-electron chi connectivity index (χ2n) is 2.14. The second-order valence-corrected chi connectivity index (χ2v) is 4.40. The van der Waals surface area contributed by atoms with Crippen LogP contribution in [0.1, 0.15) is 0 Å². The van der Waals surface area contributed by atoms with Gasteiger partial charge in [-0.05, 0) is 0 Å². The highest BCUT2D eigenvalue weighted by atomic mass is 31.2. The Morgan fingerprint density at radius 2 is 1.40 bits per heavy atom. The van der Waals surface area contributed by atoms with Crippen LogP contribution in [0.2, 0.25) is 0 Å². The summed E-state index contributed by atoms with van der Waals surface area (Å²) >= 11 is 0. The van der Waals surface area contributed by atoms with E-state index in [1.807, 2.05) is 0 Å². The van der Waals surface area contributed by atoms with Crippen molar-refractivity contribution in [2.24, 2.45) is 0 Å². The summed E-state index contributed by atoms with van der Waals surface area (Å²) in [5.74, 6) is 0. The molecule has 0 rings (SSSR count). The third-order valence-electron chi connectivity index (χ3n) is 0.646. The molecule has 15 heavy (non-hydrogen) atoms. The fourth-order valence-electron chi connectivity index (χ4n) is 0.236. The van der Waals surface area contributed by atoms with Crippen molar-refractivity contribution in [3.8, 4) is 0 Å². The highest BCUT2D eigenvalue weighted by Gasteiger charge is 2.15. The van der Waals surface area contributed by atoms with Gasteiger partial charge in [-0.15, -0.1) is 0 Å². The molecule has 0 spiro atoms. The maximum Gasteiger partial charge on any atom is 0.469 e. The van der Waals surface area contributed by atoms with E-state index in [4.69, 9.17) is 39.2 Å². The van der Waals surface area contributed by atoms with E-state index in [0.717, 1.165) is 0 Å². The lowest BCUT2D eigenvalue weighted by atomic mass is 10.4. The average molecular weight is 270 g/mol. The molecule has 0 saturated carbocycles. The SMILES string of the molecule is O=P(O)(O)O.O=P(O)(O)OCC(O)CO. The van der Waals surface area contributed by atoms with Gasteiger partial charge in [-0.25, -0.2) is 9.13 Å². The number of aliphatic hydroxyl groups is 2. The molecule has 0 heterocycles. The predicted octanol–water partition coefficient (Wildman–Crippen LogP) is -2.48. The van der Waals surface area contributed by atoms with Gasteiger partial charge in [0.25, 0.3) is 0 Å². The standard InChI is InChI=1S/C3H9O6P.H3O4P/c4-1-3(5)2-9-10(6,7)8;1-5(2,3)4/h3-5H,1-2H2,(H2,6,7,8);(H3,1,2,3,4). The Morgan fingerprint density at radius 3 is 1.60 bits per heavy atom. The zero-order valence-electron chi connectivity index (χ0n) is 7.24. The highest BCUT2D eigenvalue weighted by Crippen LogP contribution is 2.35. The number of hydrogen-bond donors (Lipinski definition) is 7. The van der Waals surface area contributed by atoms with Gasteiger partial charge in [0.1, 0.15) is 6.10 Å². The Kier molecular flexibility index (Phi) is 8.67. The topological polar surface area (TPSA) is 185 Å². The summed E-state index contributed by atoms with van der Waals surface area (Å²) in [6.45, 7) is -1.15. The summed E-state index contributed by atoms with van der Waals surface area (Å²) in [5, 5.41) is 16.7. The lowest BCUT2D eigenvalue weighted by molar-refractivity contribution is 0.0419. The van der Waals surface area contributed by atoms with Crippen molar-refractivity contribution in [1.29, 1.82) is 0 Å². The lowest BCUT2D eigenvalue weighted by Crippen LogP contribution is -2.18. The van der Waals surface area contributed by atoms with Crippen molar-refractivity contribution in [3.05, 3.63) is 0 Å². The third kappa shape index (κ3) is 31.5. The summed E-state index contributed by atoms with van der Waals surface area (Å²) in [4.78, 5) is 37.7. The Morgan fingerprint density at radius 1 is 1.07 bits per heavy atom. The van der Waals surface area contributed by atoms with Crippen LogP contribution in [0, 0.1) is 0 Å². The summed E-state index contributed by atoms with van der Waals surface area (Å²) < 4.78 is 22.7. The molecule has 0 amide bonds. The molecule has 0 radical (unpaired) electrons. The van der Waals surface area contributed by atoms with E-state index in [1.165, 1.54) is 0 Å². The second kappa shape index (κ2) is 7.42. The zero-order chi connectivity index (χ0) is 12.7. The van der Waals surface area contributed by atoms with E-state index < -0.39 is 35.0 Å². The first kappa shape index (κ1) is 17.5. The van der Waals surface area contributed by atoms with Gasteiger partial charge in [-0.3, -0.25) is 4.52 Å². The van der Waals surface area contributed by atoms with E-state index >= 15 is 0 Å². The van der Waals surface area contributed by atoms with Crippen molar-refractivity contribution in [2.45, 2.75) is 6.10 Å². The molecular formula is C3H12O10P2. The maximum absolute atomic E-state index is 9.93. The van der Waals surface area contributed by atoms with Gasteiger partial charge in [0.05, 0.1) is 13.2 Å². The van der Waals surface area contributed by atoms with Crippen molar-refractivity contribution >= 4 is 15.6 Å². The molecule has 1 atom stereocenters. The van der Waals surface area contributed by atoms with Crippen LogP contribution in [0.25, 0.3) is 0 Å². The minimum atomic E-state index is -4.64. The molecule has 0 bridgehead atoms. The number of hydrogen-bond acceptors (Lipinski definition) is 5. The van der Waals surface area contributed by atoms with Gasteiger partial charge in [-0.2, -0.15) is 0 Å². The van der Waals surface area contributed by atoms with E-state index in [2.05, 4.69) is 4.52 Å². The summed E-state index contributed by atoms with van der Waals surface area (Å²) in [6, 6.07) is 0. The molecule has 10 nitrogen and oxygen atoms in total. The van der Waals surface area contributed by atoms with E-state index in [0.29, 0.717) is 0 Å². The zero-order valence-corrected chi connectivity index (χ0v) is 9.03. The number of rotatable bonds is 4. The van der Waals surface area contributed by atoms with Crippen LogP contribution in [0.4, 0.5) is 0 Å². The molecule has 94 valence electrons. The third-order valence-corrected chi connectivity index (χ3v) is 1.13. The largest absolute Gasteiger partial charge is 0.469 e. The molecule has 0 fully saturated rings. The van der Waals surface area contributed by atoms with Crippen LogP contribution < -0.4 is 0 Å². The van der Waals surface area contributed by atoms with Gasteiger partial charge in [0.15, 0.2) is 0 Å². The van der Waals surface area contributed by atoms with E-state index in [9.17, 15) is 4.57 Å². The maximum atomic E-state index is 9.93. The first-order valence-electron chi connectivity index (χ1n) is 3.23. The smallest absolute Gasteiger partial charge is 0.394 e. The van der Waals surface area contributed by atoms with Gasteiger partial charge in [-0.1, -0.05) is 0 Å². The first-order chi connectivity index (χ1) is 6.45. The molecule has 0 aliphatic carbocycles. The number of phosphoric acid groups is 2. The first-order valence-corrected chi connectivity index (χ1v) is 6.32. The molecule has 7 N–H and O–H groups in total. The molecule has 0 aliphatic heterocycles. The molecule has 0 aromatic rings. The van der Waals surface area contributed by atoms with Crippen LogP contribution in [-0.4, -0.2) is 54.0 Å². The van der Waals surface area contributed by atoms with Crippen LogP contribution in [0.15, 0.2) is 0 Å². The minimum Gasteiger partial charge on any atom is -0.394 e. The minimum absolute atomic E-state index is 0.569. The summed E-state index contributed by atoms with van der Waals surface area (Å²) in [6.07, 6.45) is -1.24. The monoisotopic (exact) mass is 270 g/mol. The van der Waals surface area contributed by atoms with E-state index in [1.54, 1.807) is 0 Å². The Hall–Kier alpha value is 0.140. The van der Waals surface area contributed by atoms with Gasteiger partial charge in [0.2, 0.25) is 0 Å². The molecule has 0 saturated heterocycles. The van der Waals surface area contributed by atoms with Gasteiger partial charge >= 0.3 is 15.6 Å². The molecule has 12 heteroatoms. The highest BCUT2D eigenvalue weighted by molar-refractivity contribution is 7.46. The summed E-state index contributed by atoms with van der Waals surface area (Å²) in [7, 11) is -9.14. The quantitative estimate of drug-likeness (QED) is 0.270. The van der Waals surface area contributed by atoms with Crippen LogP contribution in [0.5, 0.6) is 0 Å². The van der Waals surface area contributed by atoms with E-state index in [-0.39, 0.29) is 0 Å². The molecule has 0 aromatic heterocycles. The Balaban J connectivity index is 0. The Labute approximate surface area is 84.2 Å². The summed E-state index contributed by atoms with van der Waals surface area (Å²) in [5.41, 5.74) is 0. The number of aliphatic hydroxyl groups excluding tert-OH is 2. The van der Waals surface area contributed by atoms with Crippen molar-refractivity contribution in [3.63, 3.8) is 0 Å². The van der Waals surface area contributed by atoms with Gasteiger partial charge in [0, 0.05) is 0 Å². The fraction of sp³-hybridized carbons (Fsp3) is 1.00. The molecule has 0 aliphatic rings. The average Bonchev–Trinajstić information content (AvgIpc) is 1.95. The molecule has 0 aromatic carbocycles. The van der Waals surface area contributed by atoms with Gasteiger partial charge < -0.3 is 34.7 Å². The molecule has 1 unspecified atom stereocenters. The fourth-order valence-corrected chi connectivity index (χ4v) is 0.602. The Bertz CT molecular complexity index is 231. The normalized spacial score (nSPS) is 14.1. The molecular weight excluding hydrogens is 258 g/mol. The van der Waals surface area contributed by atoms with Crippen LogP contribution >= 0.6 is 15.6 Å².